The van der Waals surface area contributed by atoms with Gasteiger partial charge in [-0.1, -0.05) is 51.5 Å². The van der Waals surface area contributed by atoms with Gasteiger partial charge in [-0.3, -0.25) is 4.79 Å². The highest BCUT2D eigenvalue weighted by molar-refractivity contribution is 6.74. The van der Waals surface area contributed by atoms with Gasteiger partial charge in [-0.15, -0.1) is 11.8 Å². The van der Waals surface area contributed by atoms with Gasteiger partial charge in [-0.05, 0) is 74.9 Å². The highest BCUT2D eigenvalue weighted by Crippen LogP contribution is 2.50. The van der Waals surface area contributed by atoms with Crippen molar-refractivity contribution >= 4 is 14.3 Å². The Morgan fingerprint density at radius 3 is 2.61 bits per heavy atom. The molecule has 2 aliphatic rings. The van der Waals surface area contributed by atoms with E-state index in [2.05, 4.69) is 70.9 Å². The molecule has 0 unspecified atom stereocenters. The zero-order chi connectivity index (χ0) is 24.8. The van der Waals surface area contributed by atoms with Crippen molar-refractivity contribution < 1.29 is 19.4 Å². The number of allylic oxidation sites excluding steroid dienone is 2. The SMILES string of the molecule is CC#CC[C@H](C)[C@@H](/C=C/[C@@H]1[C@H]2C/C(=C/CCCC(=O)O)C[C@H]2C[C@H]1O)O[Si](C)(C)C(C)(C)C. The van der Waals surface area contributed by atoms with E-state index in [9.17, 15) is 9.90 Å². The average Bonchev–Trinajstić information content (AvgIpc) is 3.22. The van der Waals surface area contributed by atoms with E-state index >= 15 is 0 Å². The highest BCUT2D eigenvalue weighted by atomic mass is 28.4. The molecule has 0 aliphatic heterocycles. The number of fused-ring (bicyclic) bond motifs is 1. The number of carboxylic acid groups (broad SMARTS) is 1. The van der Waals surface area contributed by atoms with Gasteiger partial charge in [-0.25, -0.2) is 0 Å². The number of rotatable bonds is 10. The fraction of sp³-hybridized carbons (Fsp3) is 0.750. The van der Waals surface area contributed by atoms with Crippen LogP contribution in [0.5, 0.6) is 0 Å². The van der Waals surface area contributed by atoms with E-state index in [-0.39, 0.29) is 29.6 Å². The summed E-state index contributed by atoms with van der Waals surface area (Å²) >= 11 is 0. The maximum atomic E-state index is 10.8. The molecule has 0 aromatic carbocycles. The molecule has 0 saturated heterocycles. The molecule has 2 fully saturated rings. The topological polar surface area (TPSA) is 66.8 Å². The molecule has 0 amide bonds. The molecular formula is C28H46O4Si. The average molecular weight is 475 g/mol. The van der Waals surface area contributed by atoms with E-state index in [1.54, 1.807) is 0 Å². The van der Waals surface area contributed by atoms with E-state index in [0.717, 1.165) is 32.1 Å². The molecule has 33 heavy (non-hydrogen) atoms. The zero-order valence-corrected chi connectivity index (χ0v) is 22.9. The van der Waals surface area contributed by atoms with Crippen molar-refractivity contribution in [2.45, 2.75) is 110 Å². The van der Waals surface area contributed by atoms with E-state index in [1.807, 2.05) is 6.92 Å². The third-order valence-corrected chi connectivity index (χ3v) is 12.5. The summed E-state index contributed by atoms with van der Waals surface area (Å²) < 4.78 is 6.82. The normalized spacial score (nSPS) is 28.5. The Balaban J connectivity index is 2.11. The fourth-order valence-electron chi connectivity index (χ4n) is 4.98. The summed E-state index contributed by atoms with van der Waals surface area (Å²) in [5.41, 5.74) is 1.45. The monoisotopic (exact) mass is 474 g/mol. The third kappa shape index (κ3) is 7.84. The van der Waals surface area contributed by atoms with Crippen molar-refractivity contribution in [3.05, 3.63) is 23.8 Å². The summed E-state index contributed by atoms with van der Waals surface area (Å²) in [6, 6.07) is 0. The molecular weight excluding hydrogens is 428 g/mol. The predicted molar refractivity (Wildman–Crippen MR) is 138 cm³/mol. The van der Waals surface area contributed by atoms with Crippen LogP contribution in [-0.4, -0.2) is 36.7 Å². The predicted octanol–water partition coefficient (Wildman–Crippen LogP) is 6.57. The van der Waals surface area contributed by atoms with Gasteiger partial charge in [-0.2, -0.15) is 0 Å². The smallest absolute Gasteiger partial charge is 0.303 e. The maximum Gasteiger partial charge on any atom is 0.303 e. The minimum Gasteiger partial charge on any atom is -0.481 e. The lowest BCUT2D eigenvalue weighted by Gasteiger charge is -2.40. The molecule has 2 rings (SSSR count). The van der Waals surface area contributed by atoms with Gasteiger partial charge < -0.3 is 14.6 Å². The first-order valence-corrected chi connectivity index (χ1v) is 15.6. The van der Waals surface area contributed by atoms with Crippen molar-refractivity contribution in [3.8, 4) is 11.8 Å². The molecule has 186 valence electrons. The van der Waals surface area contributed by atoms with Gasteiger partial charge in [0.15, 0.2) is 8.32 Å². The molecule has 2 saturated carbocycles. The van der Waals surface area contributed by atoms with E-state index in [0.29, 0.717) is 24.2 Å². The van der Waals surface area contributed by atoms with Crippen LogP contribution in [0, 0.1) is 35.5 Å². The standard InChI is InChI=1S/C28H46O4Si/c1-8-9-12-20(2)26(32-33(6,7)28(3,4)5)16-15-23-24-18-21(13-10-11-14-27(30)31)17-22(24)19-25(23)29/h13,15-16,20,22-26,29H,10-12,14,17-19H2,1-7H3,(H,30,31)/b16-15+,21-13+/t20-,22-,23+,24-,25+,26+/m0/s1. The van der Waals surface area contributed by atoms with Crippen molar-refractivity contribution in [2.24, 2.45) is 23.7 Å². The number of carbonyl (C=O) groups is 1. The Kier molecular flexibility index (Phi) is 10.0. The van der Waals surface area contributed by atoms with Crippen molar-refractivity contribution in [1.29, 1.82) is 0 Å². The molecule has 0 bridgehead atoms. The highest BCUT2D eigenvalue weighted by Gasteiger charge is 2.45. The van der Waals surface area contributed by atoms with Gasteiger partial charge >= 0.3 is 5.97 Å². The summed E-state index contributed by atoms with van der Waals surface area (Å²) in [4.78, 5) is 10.7. The van der Waals surface area contributed by atoms with Crippen molar-refractivity contribution in [3.63, 3.8) is 0 Å². The third-order valence-electron chi connectivity index (χ3n) is 8.06. The lowest BCUT2D eigenvalue weighted by atomic mass is 9.89. The van der Waals surface area contributed by atoms with Crippen LogP contribution in [0.3, 0.4) is 0 Å². The number of aliphatic hydroxyl groups excluding tert-OH is 1. The lowest BCUT2D eigenvalue weighted by Crippen LogP contribution is -2.45. The van der Waals surface area contributed by atoms with E-state index < -0.39 is 14.3 Å². The minimum absolute atomic E-state index is 0.00502. The van der Waals surface area contributed by atoms with E-state index in [1.165, 1.54) is 5.57 Å². The summed E-state index contributed by atoms with van der Waals surface area (Å²) in [5.74, 6) is 6.98. The Labute approximate surface area is 203 Å². The molecule has 0 radical (unpaired) electrons. The first-order valence-electron chi connectivity index (χ1n) is 12.7. The second kappa shape index (κ2) is 11.9. The minimum atomic E-state index is -1.94. The maximum absolute atomic E-state index is 10.8. The number of aliphatic carboxylic acids is 1. The molecule has 0 spiro atoms. The number of carboxylic acids is 1. The second-order valence-electron chi connectivity index (χ2n) is 11.7. The number of hydrogen-bond donors (Lipinski definition) is 2. The van der Waals surface area contributed by atoms with Crippen molar-refractivity contribution in [2.75, 3.05) is 0 Å². The van der Waals surface area contributed by atoms with Gasteiger partial charge in [0.1, 0.15) is 0 Å². The Bertz CT molecular complexity index is 780. The van der Waals surface area contributed by atoms with Crippen molar-refractivity contribution in [1.82, 2.24) is 0 Å². The molecule has 5 heteroatoms. The Hall–Kier alpha value is -1.35. The second-order valence-corrected chi connectivity index (χ2v) is 16.5. The summed E-state index contributed by atoms with van der Waals surface area (Å²) in [6.45, 7) is 15.5. The van der Waals surface area contributed by atoms with E-state index in [4.69, 9.17) is 9.53 Å². The fourth-order valence-corrected chi connectivity index (χ4v) is 6.32. The number of unbranched alkanes of at least 4 members (excludes halogenated alkanes) is 1. The summed E-state index contributed by atoms with van der Waals surface area (Å²) in [6.07, 6.45) is 12.0. The van der Waals surface area contributed by atoms with Crippen LogP contribution in [-0.2, 0) is 9.22 Å². The Morgan fingerprint density at radius 1 is 1.30 bits per heavy atom. The number of aliphatic hydroxyl groups is 1. The quantitative estimate of drug-likeness (QED) is 0.163. The van der Waals surface area contributed by atoms with Crippen LogP contribution in [0.25, 0.3) is 0 Å². The van der Waals surface area contributed by atoms with Gasteiger partial charge in [0.25, 0.3) is 0 Å². The van der Waals surface area contributed by atoms with Crippen LogP contribution in [0.1, 0.15) is 79.6 Å². The van der Waals surface area contributed by atoms with Gasteiger partial charge in [0.05, 0.1) is 12.2 Å². The molecule has 6 atom stereocenters. The van der Waals surface area contributed by atoms with Crippen LogP contribution >= 0.6 is 0 Å². The first kappa shape index (κ1) is 27.9. The molecule has 0 aromatic rings. The largest absolute Gasteiger partial charge is 0.481 e. The number of hydrogen-bond acceptors (Lipinski definition) is 3. The first-order chi connectivity index (χ1) is 15.4. The van der Waals surface area contributed by atoms with Gasteiger partial charge in [0.2, 0.25) is 0 Å². The summed E-state index contributed by atoms with van der Waals surface area (Å²) in [7, 11) is -1.94. The zero-order valence-electron chi connectivity index (χ0n) is 21.9. The van der Waals surface area contributed by atoms with Crippen LogP contribution in [0.2, 0.25) is 18.1 Å². The molecule has 0 aromatic heterocycles. The van der Waals surface area contributed by atoms with Crippen LogP contribution < -0.4 is 0 Å². The molecule has 4 nitrogen and oxygen atoms in total. The molecule has 2 aliphatic carbocycles. The van der Waals surface area contributed by atoms with Crippen LogP contribution in [0.4, 0.5) is 0 Å². The van der Waals surface area contributed by atoms with Gasteiger partial charge in [0, 0.05) is 18.8 Å². The molecule has 2 N–H and O–H groups in total. The lowest BCUT2D eigenvalue weighted by molar-refractivity contribution is -0.137. The Morgan fingerprint density at radius 2 is 2.00 bits per heavy atom. The molecule has 0 heterocycles. The van der Waals surface area contributed by atoms with Crippen LogP contribution in [0.15, 0.2) is 23.8 Å². The summed E-state index contributed by atoms with van der Waals surface area (Å²) in [5, 5.41) is 19.8.